The minimum atomic E-state index is -0.0822. The smallest absolute Gasteiger partial charge is 0.0564 e. The molecule has 0 amide bonds. The summed E-state index contributed by atoms with van der Waals surface area (Å²) >= 11 is 0. The molecule has 0 spiro atoms. The monoisotopic (exact) mass is 260 g/mol. The molecule has 0 radical (unpaired) electrons. The van der Waals surface area contributed by atoms with Crippen LogP contribution in [-0.2, 0) is 19.4 Å². The molecular formula is C16H24N2O. The second-order valence-electron chi connectivity index (χ2n) is 6.11. The molecule has 3 N–H and O–H groups in total. The topological polar surface area (TPSA) is 49.5 Å². The lowest BCUT2D eigenvalue weighted by atomic mass is 9.87. The molecule has 1 aliphatic carbocycles. The maximum atomic E-state index is 9.54. The van der Waals surface area contributed by atoms with E-state index in [0.717, 1.165) is 51.7 Å². The third kappa shape index (κ3) is 3.16. The standard InChI is InChI=1S/C16H24N2O/c17-15-4-3-13-9-12(1-2-14(13)10-15)11-18-7-5-16(19)6-8-18/h1-2,9,15-16,19H,3-8,10-11,17H2. The van der Waals surface area contributed by atoms with E-state index < -0.39 is 0 Å². The average molecular weight is 260 g/mol. The van der Waals surface area contributed by atoms with Gasteiger partial charge in [-0.1, -0.05) is 18.2 Å². The van der Waals surface area contributed by atoms with E-state index >= 15 is 0 Å². The van der Waals surface area contributed by atoms with Crippen LogP contribution in [0.3, 0.4) is 0 Å². The van der Waals surface area contributed by atoms with Gasteiger partial charge in [-0.15, -0.1) is 0 Å². The molecular weight excluding hydrogens is 236 g/mol. The molecule has 3 nitrogen and oxygen atoms in total. The number of rotatable bonds is 2. The maximum Gasteiger partial charge on any atom is 0.0564 e. The second-order valence-corrected chi connectivity index (χ2v) is 6.11. The van der Waals surface area contributed by atoms with E-state index in [1.54, 1.807) is 0 Å². The van der Waals surface area contributed by atoms with Crippen LogP contribution >= 0.6 is 0 Å². The fourth-order valence-corrected chi connectivity index (χ4v) is 3.27. The second kappa shape index (κ2) is 5.61. The molecule has 104 valence electrons. The number of benzene rings is 1. The van der Waals surface area contributed by atoms with Crippen LogP contribution < -0.4 is 5.73 Å². The summed E-state index contributed by atoms with van der Waals surface area (Å²) in [6, 6.07) is 7.23. The van der Waals surface area contributed by atoms with Crippen molar-refractivity contribution in [3.8, 4) is 0 Å². The number of piperidine rings is 1. The molecule has 0 saturated carbocycles. The molecule has 0 bridgehead atoms. The van der Waals surface area contributed by atoms with Crippen LogP contribution in [0.4, 0.5) is 0 Å². The van der Waals surface area contributed by atoms with Crippen molar-refractivity contribution >= 4 is 0 Å². The molecule has 1 atom stereocenters. The summed E-state index contributed by atoms with van der Waals surface area (Å²) in [5.41, 5.74) is 10.4. The summed E-state index contributed by atoms with van der Waals surface area (Å²) in [4.78, 5) is 2.45. The molecule has 19 heavy (non-hydrogen) atoms. The lowest BCUT2D eigenvalue weighted by Gasteiger charge is -2.30. The Morgan fingerprint density at radius 2 is 1.95 bits per heavy atom. The molecule has 1 aliphatic heterocycles. The molecule has 0 aromatic heterocycles. The van der Waals surface area contributed by atoms with Gasteiger partial charge in [-0.2, -0.15) is 0 Å². The summed E-state index contributed by atoms with van der Waals surface area (Å²) in [6.07, 6.45) is 5.03. The van der Waals surface area contributed by atoms with Crippen LogP contribution in [0.5, 0.6) is 0 Å². The van der Waals surface area contributed by atoms with Gasteiger partial charge in [0, 0.05) is 25.7 Å². The first-order chi connectivity index (χ1) is 9.20. The van der Waals surface area contributed by atoms with Gasteiger partial charge in [0.05, 0.1) is 6.10 Å². The van der Waals surface area contributed by atoms with E-state index in [-0.39, 0.29) is 6.10 Å². The van der Waals surface area contributed by atoms with Gasteiger partial charge >= 0.3 is 0 Å². The van der Waals surface area contributed by atoms with E-state index in [4.69, 9.17) is 5.73 Å². The average Bonchev–Trinajstić information content (AvgIpc) is 2.42. The van der Waals surface area contributed by atoms with Crippen molar-refractivity contribution in [3.63, 3.8) is 0 Å². The van der Waals surface area contributed by atoms with Crippen LogP contribution in [0, 0.1) is 0 Å². The van der Waals surface area contributed by atoms with Crippen molar-refractivity contribution in [2.24, 2.45) is 5.73 Å². The van der Waals surface area contributed by atoms with Crippen molar-refractivity contribution in [3.05, 3.63) is 34.9 Å². The Morgan fingerprint density at radius 3 is 2.74 bits per heavy atom. The van der Waals surface area contributed by atoms with Crippen LogP contribution in [0.25, 0.3) is 0 Å². The number of nitrogens with zero attached hydrogens (tertiary/aromatic N) is 1. The first-order valence-corrected chi connectivity index (χ1v) is 7.47. The predicted octanol–water partition coefficient (Wildman–Crippen LogP) is 1.46. The Bertz CT molecular complexity index is 438. The Labute approximate surface area is 115 Å². The highest BCUT2D eigenvalue weighted by molar-refractivity contribution is 5.34. The third-order valence-electron chi connectivity index (χ3n) is 4.50. The minimum Gasteiger partial charge on any atom is -0.393 e. The SMILES string of the molecule is NC1CCc2cc(CN3CCC(O)CC3)ccc2C1. The highest BCUT2D eigenvalue weighted by atomic mass is 16.3. The van der Waals surface area contributed by atoms with Crippen molar-refractivity contribution in [2.75, 3.05) is 13.1 Å². The van der Waals surface area contributed by atoms with Crippen LogP contribution in [0.2, 0.25) is 0 Å². The number of likely N-dealkylation sites (tertiary alicyclic amines) is 1. The zero-order valence-electron chi connectivity index (χ0n) is 11.5. The number of aliphatic hydroxyl groups excluding tert-OH is 1. The highest BCUT2D eigenvalue weighted by Gasteiger charge is 2.19. The molecule has 3 rings (SSSR count). The van der Waals surface area contributed by atoms with Gasteiger partial charge in [-0.25, -0.2) is 0 Å². The van der Waals surface area contributed by atoms with Crippen molar-refractivity contribution in [1.82, 2.24) is 4.90 Å². The fourth-order valence-electron chi connectivity index (χ4n) is 3.27. The van der Waals surface area contributed by atoms with Gasteiger partial charge in [0.1, 0.15) is 0 Å². The first-order valence-electron chi connectivity index (χ1n) is 7.47. The lowest BCUT2D eigenvalue weighted by molar-refractivity contribution is 0.0792. The molecule has 1 heterocycles. The Balaban J connectivity index is 1.66. The van der Waals surface area contributed by atoms with Gasteiger partial charge in [-0.3, -0.25) is 4.90 Å². The first kappa shape index (κ1) is 13.1. The number of nitrogens with two attached hydrogens (primary N) is 1. The molecule has 1 saturated heterocycles. The summed E-state index contributed by atoms with van der Waals surface area (Å²) in [5, 5.41) is 9.54. The van der Waals surface area contributed by atoms with Gasteiger partial charge in [0.2, 0.25) is 0 Å². The normalized spacial score (nSPS) is 25.3. The molecule has 1 unspecified atom stereocenters. The molecule has 1 aromatic rings. The molecule has 2 aliphatic rings. The number of hydrogen-bond donors (Lipinski definition) is 2. The number of hydrogen-bond acceptors (Lipinski definition) is 3. The quantitative estimate of drug-likeness (QED) is 0.846. The van der Waals surface area contributed by atoms with Gasteiger partial charge in [-0.05, 0) is 48.8 Å². The Hall–Kier alpha value is -0.900. The Morgan fingerprint density at radius 1 is 1.16 bits per heavy atom. The number of aryl methyl sites for hydroxylation is 1. The van der Waals surface area contributed by atoms with Gasteiger partial charge < -0.3 is 10.8 Å². The van der Waals surface area contributed by atoms with Crippen molar-refractivity contribution in [1.29, 1.82) is 0 Å². The lowest BCUT2D eigenvalue weighted by Crippen LogP contribution is -2.35. The van der Waals surface area contributed by atoms with E-state index in [2.05, 4.69) is 23.1 Å². The maximum absolute atomic E-state index is 9.54. The molecule has 3 heteroatoms. The summed E-state index contributed by atoms with van der Waals surface area (Å²) in [5.74, 6) is 0. The van der Waals surface area contributed by atoms with Gasteiger partial charge in [0.25, 0.3) is 0 Å². The summed E-state index contributed by atoms with van der Waals surface area (Å²) in [6.45, 7) is 3.05. The summed E-state index contributed by atoms with van der Waals surface area (Å²) < 4.78 is 0. The van der Waals surface area contributed by atoms with Gasteiger partial charge in [0.15, 0.2) is 0 Å². The predicted molar refractivity (Wildman–Crippen MR) is 77.0 cm³/mol. The molecule has 1 aromatic carbocycles. The number of aliphatic hydroxyl groups is 1. The van der Waals surface area contributed by atoms with Crippen molar-refractivity contribution < 1.29 is 5.11 Å². The van der Waals surface area contributed by atoms with Crippen LogP contribution in [0.15, 0.2) is 18.2 Å². The number of fused-ring (bicyclic) bond motifs is 1. The third-order valence-corrected chi connectivity index (χ3v) is 4.50. The largest absolute Gasteiger partial charge is 0.393 e. The fraction of sp³-hybridized carbons (Fsp3) is 0.625. The molecule has 1 fully saturated rings. The minimum absolute atomic E-state index is 0.0822. The van der Waals surface area contributed by atoms with E-state index in [9.17, 15) is 5.11 Å². The zero-order valence-corrected chi connectivity index (χ0v) is 11.5. The van der Waals surface area contributed by atoms with E-state index in [0.29, 0.717) is 6.04 Å². The summed E-state index contributed by atoms with van der Waals surface area (Å²) in [7, 11) is 0. The van der Waals surface area contributed by atoms with Crippen LogP contribution in [-0.4, -0.2) is 35.2 Å². The van der Waals surface area contributed by atoms with E-state index in [1.165, 1.54) is 16.7 Å². The Kier molecular flexibility index (Phi) is 3.87. The van der Waals surface area contributed by atoms with Crippen molar-refractivity contribution in [2.45, 2.75) is 50.8 Å². The zero-order chi connectivity index (χ0) is 13.2. The highest BCUT2D eigenvalue weighted by Crippen LogP contribution is 2.23. The van der Waals surface area contributed by atoms with E-state index in [1.807, 2.05) is 0 Å². The van der Waals surface area contributed by atoms with Crippen LogP contribution in [0.1, 0.15) is 36.0 Å².